The van der Waals surface area contributed by atoms with Crippen LogP contribution in [0.25, 0.3) is 0 Å². The summed E-state index contributed by atoms with van der Waals surface area (Å²) in [7, 11) is -0.0838. The van der Waals surface area contributed by atoms with Gasteiger partial charge in [-0.1, -0.05) is 30.3 Å². The molecule has 0 radical (unpaired) electrons. The second kappa shape index (κ2) is 9.86. The first-order chi connectivity index (χ1) is 11.6. The Hall–Kier alpha value is -1.48. The van der Waals surface area contributed by atoms with Crippen LogP contribution >= 0.6 is 0 Å². The van der Waals surface area contributed by atoms with Gasteiger partial charge in [-0.05, 0) is 24.8 Å². The summed E-state index contributed by atoms with van der Waals surface area (Å²) in [6.45, 7) is 0.728. The molecule has 1 aromatic rings. The molecule has 1 aliphatic rings. The van der Waals surface area contributed by atoms with Crippen molar-refractivity contribution in [3.05, 3.63) is 35.9 Å². The summed E-state index contributed by atoms with van der Waals surface area (Å²) < 4.78 is 25.9. The van der Waals surface area contributed by atoms with E-state index in [1.165, 1.54) is 5.56 Å². The Morgan fingerprint density at radius 1 is 1.24 bits per heavy atom. The van der Waals surface area contributed by atoms with E-state index in [9.17, 15) is 18.3 Å². The van der Waals surface area contributed by atoms with Gasteiger partial charge in [0.2, 0.25) is 5.91 Å². The number of nitrogens with zero attached hydrogens (tertiary/aromatic N) is 1. The van der Waals surface area contributed by atoms with Crippen LogP contribution in [0, 0.1) is 5.92 Å². The lowest BCUT2D eigenvalue weighted by Gasteiger charge is -2.34. The Labute approximate surface area is 149 Å². The van der Waals surface area contributed by atoms with Crippen molar-refractivity contribution in [3.63, 3.8) is 0 Å². The van der Waals surface area contributed by atoms with Gasteiger partial charge >= 0.3 is 0 Å². The lowest BCUT2D eigenvalue weighted by Crippen LogP contribution is -2.47. The fourth-order valence-corrected chi connectivity index (χ4v) is 2.81. The quantitative estimate of drug-likeness (QED) is 0.678. The minimum absolute atomic E-state index is 0.00199. The predicted molar refractivity (Wildman–Crippen MR) is 96.6 cm³/mol. The number of carbonyl (C=O) groups is 1. The fraction of sp³-hybridized carbons (Fsp3) is 0.588. The summed E-state index contributed by atoms with van der Waals surface area (Å²) in [5.41, 5.74) is 1.20. The van der Waals surface area contributed by atoms with E-state index in [-0.39, 0.29) is 24.0 Å². The lowest BCUT2D eigenvalue weighted by molar-refractivity contribution is -0.135. The van der Waals surface area contributed by atoms with E-state index in [4.69, 9.17) is 4.55 Å². The van der Waals surface area contributed by atoms with Crippen molar-refractivity contribution < 1.29 is 22.9 Å². The second-order valence-electron chi connectivity index (χ2n) is 6.52. The average molecular weight is 372 g/mol. The first-order valence-electron chi connectivity index (χ1n) is 8.17. The van der Waals surface area contributed by atoms with Crippen LogP contribution < -0.4 is 5.32 Å². The number of aliphatic hydroxyl groups is 1. The highest BCUT2D eigenvalue weighted by molar-refractivity contribution is 7.85. The molecule has 0 heterocycles. The van der Waals surface area contributed by atoms with Gasteiger partial charge in [-0.15, -0.1) is 0 Å². The topological polar surface area (TPSA) is 107 Å². The van der Waals surface area contributed by atoms with Crippen LogP contribution in [-0.2, 0) is 21.5 Å². The largest absolute Gasteiger partial charge is 0.392 e. The molecular weight excluding hydrogens is 344 g/mol. The summed E-state index contributed by atoms with van der Waals surface area (Å²) in [5, 5.41) is 13.5. The molecule has 25 heavy (non-hydrogen) atoms. The maximum absolute atomic E-state index is 12.0. The van der Waals surface area contributed by atoms with Gasteiger partial charge in [0.15, 0.2) is 0 Å². The van der Waals surface area contributed by atoms with E-state index < -0.39 is 10.1 Å². The lowest BCUT2D eigenvalue weighted by atomic mass is 9.83. The summed E-state index contributed by atoms with van der Waals surface area (Å²) in [6, 6.07) is 10.1. The van der Waals surface area contributed by atoms with Gasteiger partial charge in [0.25, 0.3) is 10.1 Å². The fourth-order valence-electron chi connectivity index (χ4n) is 2.81. The smallest absolute Gasteiger partial charge is 0.261 e. The van der Waals surface area contributed by atoms with E-state index in [0.717, 1.165) is 13.0 Å². The zero-order chi connectivity index (χ0) is 19.0. The number of hydrogen-bond donors (Lipinski definition) is 3. The van der Waals surface area contributed by atoms with E-state index >= 15 is 0 Å². The standard InChI is InChI=1S/C16H24N2O2.CH4O3S/c1-18(2)16(20)13-8-9-15(19)14(10-13)17-11-12-6-4-3-5-7-12;1-5(2,3)4/h3-7,13-15,17,19H,8-11H2,1-2H3;1H3,(H,2,3,4)/t13-,14+,15+;/m0./s1. The maximum atomic E-state index is 12.0. The molecule has 1 amide bonds. The number of nitrogens with one attached hydrogen (secondary N) is 1. The number of amides is 1. The third-order valence-corrected chi connectivity index (χ3v) is 4.02. The van der Waals surface area contributed by atoms with Crippen LogP contribution in [0.3, 0.4) is 0 Å². The summed E-state index contributed by atoms with van der Waals surface area (Å²) in [6.07, 6.45) is 2.54. The van der Waals surface area contributed by atoms with Gasteiger partial charge in [-0.2, -0.15) is 8.42 Å². The molecule has 2 rings (SSSR count). The molecular formula is C17H28N2O5S. The SMILES string of the molecule is CN(C)C(=O)[C@H]1CC[C@@H](O)[C@H](NCc2ccccc2)C1.CS(=O)(=O)O. The number of carbonyl (C=O) groups excluding carboxylic acids is 1. The minimum Gasteiger partial charge on any atom is -0.392 e. The Morgan fingerprint density at radius 3 is 2.32 bits per heavy atom. The number of benzene rings is 1. The van der Waals surface area contributed by atoms with Crippen molar-refractivity contribution >= 4 is 16.0 Å². The molecule has 142 valence electrons. The van der Waals surface area contributed by atoms with Crippen LogP contribution in [0.1, 0.15) is 24.8 Å². The predicted octanol–water partition coefficient (Wildman–Crippen LogP) is 0.898. The molecule has 1 saturated carbocycles. The third-order valence-electron chi connectivity index (χ3n) is 4.02. The molecule has 0 saturated heterocycles. The van der Waals surface area contributed by atoms with E-state index in [0.29, 0.717) is 19.1 Å². The van der Waals surface area contributed by atoms with Gasteiger partial charge in [0, 0.05) is 32.6 Å². The summed E-state index contributed by atoms with van der Waals surface area (Å²) in [4.78, 5) is 13.7. The van der Waals surface area contributed by atoms with E-state index in [1.54, 1.807) is 19.0 Å². The molecule has 3 N–H and O–H groups in total. The summed E-state index contributed by atoms with van der Waals surface area (Å²) in [5.74, 6) is 0.199. The molecule has 0 unspecified atom stereocenters. The van der Waals surface area contributed by atoms with Crippen molar-refractivity contribution in [2.45, 2.75) is 38.0 Å². The van der Waals surface area contributed by atoms with Crippen molar-refractivity contribution in [3.8, 4) is 0 Å². The minimum atomic E-state index is -3.67. The van der Waals surface area contributed by atoms with Crippen molar-refractivity contribution in [1.29, 1.82) is 0 Å². The van der Waals surface area contributed by atoms with Crippen LogP contribution in [-0.4, -0.2) is 61.4 Å². The Bertz CT molecular complexity index is 626. The van der Waals surface area contributed by atoms with Crippen molar-refractivity contribution in [2.24, 2.45) is 5.92 Å². The Kier molecular flexibility index (Phi) is 8.51. The van der Waals surface area contributed by atoms with Crippen LogP contribution in [0.2, 0.25) is 0 Å². The molecule has 3 atom stereocenters. The van der Waals surface area contributed by atoms with Crippen LogP contribution in [0.15, 0.2) is 30.3 Å². The van der Waals surface area contributed by atoms with Gasteiger partial charge < -0.3 is 15.3 Å². The molecule has 0 aliphatic heterocycles. The third kappa shape index (κ3) is 8.97. The molecule has 0 aromatic heterocycles. The molecule has 7 nitrogen and oxygen atoms in total. The highest BCUT2D eigenvalue weighted by atomic mass is 32.2. The first-order valence-corrected chi connectivity index (χ1v) is 10.0. The summed E-state index contributed by atoms with van der Waals surface area (Å²) >= 11 is 0. The first kappa shape index (κ1) is 21.6. The molecule has 0 spiro atoms. The molecule has 1 aromatic carbocycles. The second-order valence-corrected chi connectivity index (χ2v) is 7.98. The normalized spacial score (nSPS) is 23.3. The van der Waals surface area contributed by atoms with Gasteiger partial charge in [0.05, 0.1) is 12.4 Å². The number of rotatable bonds is 4. The molecule has 8 heteroatoms. The number of hydrogen-bond acceptors (Lipinski definition) is 5. The van der Waals surface area contributed by atoms with Gasteiger partial charge in [0.1, 0.15) is 0 Å². The number of aliphatic hydroxyl groups excluding tert-OH is 1. The maximum Gasteiger partial charge on any atom is 0.261 e. The zero-order valence-corrected chi connectivity index (χ0v) is 15.7. The van der Waals surface area contributed by atoms with Crippen molar-refractivity contribution in [2.75, 3.05) is 20.4 Å². The molecule has 1 fully saturated rings. The highest BCUT2D eigenvalue weighted by Gasteiger charge is 2.33. The average Bonchev–Trinajstić information content (AvgIpc) is 2.53. The zero-order valence-electron chi connectivity index (χ0n) is 14.9. The van der Waals surface area contributed by atoms with Crippen molar-refractivity contribution in [1.82, 2.24) is 10.2 Å². The Balaban J connectivity index is 0.000000550. The molecule has 1 aliphatic carbocycles. The monoisotopic (exact) mass is 372 g/mol. The van der Waals surface area contributed by atoms with Gasteiger partial charge in [-0.3, -0.25) is 9.35 Å². The molecule has 0 bridgehead atoms. The highest BCUT2D eigenvalue weighted by Crippen LogP contribution is 2.26. The van der Waals surface area contributed by atoms with E-state index in [1.807, 2.05) is 18.2 Å². The van der Waals surface area contributed by atoms with E-state index in [2.05, 4.69) is 17.4 Å². The van der Waals surface area contributed by atoms with Gasteiger partial charge in [-0.25, -0.2) is 0 Å². The van der Waals surface area contributed by atoms with Crippen LogP contribution in [0.4, 0.5) is 0 Å². The Morgan fingerprint density at radius 2 is 1.80 bits per heavy atom. The van der Waals surface area contributed by atoms with Crippen LogP contribution in [0.5, 0.6) is 0 Å².